The highest BCUT2D eigenvalue weighted by Crippen LogP contribution is 2.25. The first kappa shape index (κ1) is 17.4. The number of carbonyl (C=O) groups excluding carboxylic acids is 1. The molecule has 1 amide bonds. The number of benzene rings is 1. The second-order valence-corrected chi connectivity index (χ2v) is 4.98. The number of carbonyl (C=O) groups is 1. The second kappa shape index (κ2) is 7.54. The van der Waals surface area contributed by atoms with E-state index in [4.69, 9.17) is 10.5 Å². The topological polar surface area (TPSA) is 77.2 Å². The number of nitrogens with two attached hydrogens (primary N) is 1. The number of hydrogen-bond donors (Lipinski definition) is 2. The maximum Gasteiger partial charge on any atom is 0.259 e. The molecule has 0 atom stereocenters. The number of nitrogen functional groups attached to an aromatic ring is 1. The molecule has 0 spiro atoms. The van der Waals surface area contributed by atoms with E-state index in [0.29, 0.717) is 0 Å². The molecule has 1 heterocycles. The number of nitrogens with zero attached hydrogens (tertiary/aromatic N) is 1. The van der Waals surface area contributed by atoms with Crippen molar-refractivity contribution < 1.29 is 18.3 Å². The number of amides is 1. The predicted molar refractivity (Wildman–Crippen MR) is 88.0 cm³/mol. The summed E-state index contributed by atoms with van der Waals surface area (Å²) < 4.78 is 32.9. The van der Waals surface area contributed by atoms with E-state index in [2.05, 4.69) is 10.3 Å². The van der Waals surface area contributed by atoms with Crippen molar-refractivity contribution in [1.29, 1.82) is 0 Å². The molecule has 7 heteroatoms. The van der Waals surface area contributed by atoms with Crippen molar-refractivity contribution in [3.63, 3.8) is 0 Å². The Hall–Kier alpha value is -2.96. The zero-order valence-corrected chi connectivity index (χ0v) is 13.3. The smallest absolute Gasteiger partial charge is 0.259 e. The van der Waals surface area contributed by atoms with Crippen LogP contribution in [0.4, 0.5) is 20.3 Å². The van der Waals surface area contributed by atoms with Gasteiger partial charge in [-0.15, -0.1) is 0 Å². The van der Waals surface area contributed by atoms with Gasteiger partial charge in [-0.05, 0) is 32.0 Å². The van der Waals surface area contributed by atoms with Crippen LogP contribution in [0.5, 0.6) is 5.75 Å². The van der Waals surface area contributed by atoms with Crippen LogP contribution >= 0.6 is 0 Å². The van der Waals surface area contributed by atoms with Crippen molar-refractivity contribution in [2.75, 3.05) is 17.7 Å². The number of aromatic nitrogens is 1. The van der Waals surface area contributed by atoms with Gasteiger partial charge in [0.05, 0.1) is 11.3 Å². The average Bonchev–Trinajstić information content (AvgIpc) is 2.54. The van der Waals surface area contributed by atoms with Crippen molar-refractivity contribution in [2.45, 2.75) is 13.8 Å². The molecule has 0 fully saturated rings. The van der Waals surface area contributed by atoms with Crippen molar-refractivity contribution in [1.82, 2.24) is 4.98 Å². The van der Waals surface area contributed by atoms with E-state index >= 15 is 0 Å². The third-order valence-corrected chi connectivity index (χ3v) is 3.21. The van der Waals surface area contributed by atoms with Crippen molar-refractivity contribution >= 4 is 17.4 Å². The van der Waals surface area contributed by atoms with Crippen LogP contribution < -0.4 is 15.8 Å². The summed E-state index contributed by atoms with van der Waals surface area (Å²) >= 11 is 0. The maximum atomic E-state index is 14.3. The predicted octanol–water partition coefficient (Wildman–Crippen LogP) is 3.46. The first-order valence-electron chi connectivity index (χ1n) is 7.20. The molecule has 0 aliphatic rings. The number of hydrogen-bond acceptors (Lipinski definition) is 4. The van der Waals surface area contributed by atoms with Gasteiger partial charge < -0.3 is 15.8 Å². The van der Waals surface area contributed by atoms with Gasteiger partial charge in [-0.2, -0.15) is 4.39 Å². The lowest BCUT2D eigenvalue weighted by Crippen LogP contribution is -2.17. The fraction of sp³-hybridized carbons (Fsp3) is 0.176. The van der Waals surface area contributed by atoms with Gasteiger partial charge in [0.25, 0.3) is 5.91 Å². The molecular weight excluding hydrogens is 316 g/mol. The third-order valence-electron chi connectivity index (χ3n) is 3.21. The Morgan fingerprint density at radius 1 is 1.42 bits per heavy atom. The molecule has 5 nitrogen and oxygen atoms in total. The summed E-state index contributed by atoms with van der Waals surface area (Å²) in [5.41, 5.74) is 5.62. The first-order valence-corrected chi connectivity index (χ1v) is 7.20. The largest absolute Gasteiger partial charge is 0.486 e. The average molecular weight is 333 g/mol. The standard InChI is InChI=1S/C17H17F2N3O2/c1-3-4-8-24-13-7-5-6-12(14(13)18)21-17(23)11-9-10(2)15(19)22-16(11)20/h3-7,9H,8H2,1-2H3,(H2,20,22)(H,21,23). The third kappa shape index (κ3) is 3.87. The Morgan fingerprint density at radius 2 is 2.17 bits per heavy atom. The molecule has 3 N–H and O–H groups in total. The van der Waals surface area contributed by atoms with Crippen molar-refractivity contribution in [2.24, 2.45) is 0 Å². The maximum absolute atomic E-state index is 14.3. The Morgan fingerprint density at radius 3 is 2.88 bits per heavy atom. The van der Waals surface area contributed by atoms with Crippen LogP contribution in [-0.2, 0) is 0 Å². The SMILES string of the molecule is CC=CCOc1cccc(NC(=O)c2cc(C)c(F)nc2N)c1F. The number of pyridine rings is 1. The fourth-order valence-corrected chi connectivity index (χ4v) is 1.93. The minimum absolute atomic E-state index is 0.00674. The van der Waals surface area contributed by atoms with Crippen LogP contribution in [0.25, 0.3) is 0 Å². The number of anilines is 2. The lowest BCUT2D eigenvalue weighted by Gasteiger charge is -2.11. The van der Waals surface area contributed by atoms with Gasteiger partial charge in [0.15, 0.2) is 11.6 Å². The Kier molecular flexibility index (Phi) is 5.47. The monoisotopic (exact) mass is 333 g/mol. The second-order valence-electron chi connectivity index (χ2n) is 4.98. The molecule has 2 rings (SSSR count). The summed E-state index contributed by atoms with van der Waals surface area (Å²) in [5.74, 6) is -2.41. The van der Waals surface area contributed by atoms with Crippen LogP contribution in [-0.4, -0.2) is 17.5 Å². The Bertz CT molecular complexity index is 792. The van der Waals surface area contributed by atoms with E-state index in [1.54, 1.807) is 18.2 Å². The van der Waals surface area contributed by atoms with Gasteiger partial charge in [-0.3, -0.25) is 4.79 Å². The lowest BCUT2D eigenvalue weighted by atomic mass is 10.1. The summed E-state index contributed by atoms with van der Waals surface area (Å²) in [7, 11) is 0. The summed E-state index contributed by atoms with van der Waals surface area (Å²) in [6.07, 6.45) is 3.49. The van der Waals surface area contributed by atoms with E-state index in [1.807, 2.05) is 6.92 Å². The Balaban J connectivity index is 2.23. The lowest BCUT2D eigenvalue weighted by molar-refractivity contribution is 0.102. The molecule has 1 aromatic carbocycles. The molecule has 24 heavy (non-hydrogen) atoms. The van der Waals surface area contributed by atoms with Gasteiger partial charge in [-0.1, -0.05) is 18.2 Å². The number of halogens is 2. The number of rotatable bonds is 5. The minimum Gasteiger partial charge on any atom is -0.486 e. The first-order chi connectivity index (χ1) is 11.4. The molecule has 126 valence electrons. The molecule has 0 unspecified atom stereocenters. The van der Waals surface area contributed by atoms with Gasteiger partial charge in [0.2, 0.25) is 5.95 Å². The van der Waals surface area contributed by atoms with Gasteiger partial charge in [-0.25, -0.2) is 9.37 Å². The highest BCUT2D eigenvalue weighted by Gasteiger charge is 2.17. The molecule has 0 saturated carbocycles. The highest BCUT2D eigenvalue weighted by molar-refractivity contribution is 6.07. The quantitative estimate of drug-likeness (QED) is 0.649. The fourth-order valence-electron chi connectivity index (χ4n) is 1.93. The number of aryl methyl sites for hydroxylation is 1. The minimum atomic E-state index is -0.755. The van der Waals surface area contributed by atoms with E-state index < -0.39 is 17.7 Å². The van der Waals surface area contributed by atoms with E-state index in [0.717, 1.165) is 0 Å². The molecular formula is C17H17F2N3O2. The normalized spacial score (nSPS) is 10.8. The molecule has 0 bridgehead atoms. The molecule has 0 radical (unpaired) electrons. The zero-order valence-electron chi connectivity index (χ0n) is 13.3. The molecule has 0 aliphatic heterocycles. The van der Waals surface area contributed by atoms with E-state index in [-0.39, 0.29) is 35.0 Å². The number of allylic oxidation sites excluding steroid dienone is 1. The van der Waals surface area contributed by atoms with Gasteiger partial charge in [0.1, 0.15) is 12.4 Å². The van der Waals surface area contributed by atoms with Crippen LogP contribution in [0, 0.1) is 18.7 Å². The molecule has 0 aliphatic carbocycles. The summed E-state index contributed by atoms with van der Waals surface area (Å²) in [4.78, 5) is 15.7. The molecule has 2 aromatic rings. The van der Waals surface area contributed by atoms with E-state index in [9.17, 15) is 13.6 Å². The van der Waals surface area contributed by atoms with Gasteiger partial charge >= 0.3 is 0 Å². The van der Waals surface area contributed by atoms with Crippen molar-refractivity contribution in [3.8, 4) is 5.75 Å². The van der Waals surface area contributed by atoms with Gasteiger partial charge in [0, 0.05) is 5.56 Å². The highest BCUT2D eigenvalue weighted by atomic mass is 19.1. The molecule has 1 aromatic heterocycles. The van der Waals surface area contributed by atoms with Crippen LogP contribution in [0.15, 0.2) is 36.4 Å². The van der Waals surface area contributed by atoms with Crippen molar-refractivity contribution in [3.05, 3.63) is 59.3 Å². The van der Waals surface area contributed by atoms with Crippen LogP contribution in [0.2, 0.25) is 0 Å². The van der Waals surface area contributed by atoms with Crippen LogP contribution in [0.3, 0.4) is 0 Å². The zero-order chi connectivity index (χ0) is 17.7. The summed E-state index contributed by atoms with van der Waals surface area (Å²) in [5, 5.41) is 2.39. The summed E-state index contributed by atoms with van der Waals surface area (Å²) in [6.45, 7) is 3.48. The summed E-state index contributed by atoms with van der Waals surface area (Å²) in [6, 6.07) is 5.64. The number of ether oxygens (including phenoxy) is 1. The van der Waals surface area contributed by atoms with E-state index in [1.165, 1.54) is 25.1 Å². The Labute approximate surface area is 138 Å². The van der Waals surface area contributed by atoms with Crippen LogP contribution in [0.1, 0.15) is 22.8 Å². The number of nitrogens with one attached hydrogen (secondary N) is 1. The molecule has 0 saturated heterocycles.